The van der Waals surface area contributed by atoms with E-state index in [0.717, 1.165) is 12.1 Å². The summed E-state index contributed by atoms with van der Waals surface area (Å²) in [6, 6.07) is 1.83. The van der Waals surface area contributed by atoms with Crippen molar-refractivity contribution >= 4 is 0 Å². The summed E-state index contributed by atoms with van der Waals surface area (Å²) in [6.07, 6.45) is 14.7. The van der Waals surface area contributed by atoms with Crippen LogP contribution in [0.25, 0.3) is 0 Å². The first-order valence-electron chi connectivity index (χ1n) is 6.98. The number of nitrogens with zero attached hydrogens (tertiary/aromatic N) is 2. The first-order chi connectivity index (χ1) is 7.45. The zero-order valence-corrected chi connectivity index (χ0v) is 9.83. The van der Waals surface area contributed by atoms with Crippen molar-refractivity contribution in [2.45, 2.75) is 76.3 Å². The highest BCUT2D eigenvalue weighted by Gasteiger charge is 2.42. The van der Waals surface area contributed by atoms with Gasteiger partial charge < -0.3 is 0 Å². The largest absolute Gasteiger partial charge is 0.222 e. The monoisotopic (exact) mass is 208 g/mol. The van der Waals surface area contributed by atoms with Gasteiger partial charge in [-0.05, 0) is 25.7 Å². The van der Waals surface area contributed by atoms with E-state index in [-0.39, 0.29) is 0 Å². The number of rotatable bonds is 2. The van der Waals surface area contributed by atoms with Gasteiger partial charge in [0.15, 0.2) is 0 Å². The molecule has 0 N–H and O–H groups in total. The Morgan fingerprint density at radius 2 is 0.933 bits per heavy atom. The zero-order valence-electron chi connectivity index (χ0n) is 9.83. The van der Waals surface area contributed by atoms with Crippen molar-refractivity contribution in [3.63, 3.8) is 0 Å². The van der Waals surface area contributed by atoms with E-state index in [1.807, 2.05) is 0 Å². The second-order valence-corrected chi connectivity index (χ2v) is 5.60. The maximum absolute atomic E-state index is 2.68. The zero-order chi connectivity index (χ0) is 10.1. The Kier molecular flexibility index (Phi) is 2.98. The summed E-state index contributed by atoms with van der Waals surface area (Å²) in [5.41, 5.74) is 0. The molecule has 0 radical (unpaired) electrons. The quantitative estimate of drug-likeness (QED) is 0.643. The van der Waals surface area contributed by atoms with E-state index in [0.29, 0.717) is 0 Å². The van der Waals surface area contributed by atoms with Crippen LogP contribution in [0.1, 0.15) is 64.2 Å². The normalized spacial score (nSPS) is 39.2. The van der Waals surface area contributed by atoms with Crippen molar-refractivity contribution < 1.29 is 0 Å². The van der Waals surface area contributed by atoms with Gasteiger partial charge in [0.2, 0.25) is 0 Å². The van der Waals surface area contributed by atoms with Crippen molar-refractivity contribution in [1.82, 2.24) is 10.0 Å². The molecule has 2 atom stereocenters. The molecule has 1 heterocycles. The van der Waals surface area contributed by atoms with Crippen LogP contribution in [0.2, 0.25) is 0 Å². The molecule has 0 aromatic heterocycles. The van der Waals surface area contributed by atoms with Gasteiger partial charge in [0.05, 0.1) is 6.67 Å². The maximum atomic E-state index is 2.68. The minimum Gasteiger partial charge on any atom is -0.222 e. The van der Waals surface area contributed by atoms with Crippen molar-refractivity contribution in [3.8, 4) is 0 Å². The summed E-state index contributed by atoms with van der Waals surface area (Å²) in [4.78, 5) is 0. The van der Waals surface area contributed by atoms with Gasteiger partial charge in [-0.15, -0.1) is 0 Å². The van der Waals surface area contributed by atoms with Gasteiger partial charge in [-0.3, -0.25) is 0 Å². The summed E-state index contributed by atoms with van der Waals surface area (Å²) in [6.45, 7) is 1.29. The number of hydrazine groups is 1. The van der Waals surface area contributed by atoms with Crippen LogP contribution in [0.3, 0.4) is 0 Å². The van der Waals surface area contributed by atoms with Crippen LogP contribution in [-0.4, -0.2) is 28.8 Å². The molecule has 2 nitrogen and oxygen atoms in total. The fraction of sp³-hybridized carbons (Fsp3) is 1.00. The molecule has 15 heavy (non-hydrogen) atoms. The van der Waals surface area contributed by atoms with Gasteiger partial charge in [0, 0.05) is 12.1 Å². The van der Waals surface area contributed by atoms with Gasteiger partial charge in [-0.2, -0.15) is 0 Å². The Bertz CT molecular complexity index is 183. The third-order valence-corrected chi connectivity index (χ3v) is 4.53. The summed E-state index contributed by atoms with van der Waals surface area (Å²) in [5.74, 6) is 0. The van der Waals surface area contributed by atoms with E-state index in [9.17, 15) is 0 Å². The Morgan fingerprint density at radius 1 is 0.533 bits per heavy atom. The van der Waals surface area contributed by atoms with Gasteiger partial charge in [-0.1, -0.05) is 38.5 Å². The van der Waals surface area contributed by atoms with E-state index in [1.165, 1.54) is 70.9 Å². The lowest BCUT2D eigenvalue weighted by atomic mass is 9.95. The lowest BCUT2D eigenvalue weighted by molar-refractivity contribution is 0.138. The highest BCUT2D eigenvalue weighted by Crippen LogP contribution is 2.35. The Morgan fingerprint density at radius 3 is 1.33 bits per heavy atom. The van der Waals surface area contributed by atoms with Crippen LogP contribution < -0.4 is 0 Å². The molecule has 2 aliphatic carbocycles. The third kappa shape index (κ3) is 2.21. The molecule has 2 saturated carbocycles. The number of hydrogen-bond donors (Lipinski definition) is 0. The average molecular weight is 208 g/mol. The molecule has 0 aromatic rings. The molecule has 86 valence electrons. The molecular weight excluding hydrogens is 184 g/mol. The molecule has 0 bridgehead atoms. The smallest absolute Gasteiger partial charge is 0.0794 e. The van der Waals surface area contributed by atoms with Crippen LogP contribution in [-0.2, 0) is 0 Å². The molecule has 0 amide bonds. The first kappa shape index (κ1) is 10.1. The van der Waals surface area contributed by atoms with Crippen LogP contribution in [0.5, 0.6) is 0 Å². The van der Waals surface area contributed by atoms with E-state index in [4.69, 9.17) is 0 Å². The topological polar surface area (TPSA) is 6.02 Å². The molecule has 0 aromatic carbocycles. The standard InChI is InChI=1S/C13H24N2/c1-3-7-12(8-4-1)14-11-15(14)13-9-5-2-6-10-13/h12-13H,1-11H2. The van der Waals surface area contributed by atoms with E-state index in [1.54, 1.807) is 0 Å². The Hall–Kier alpha value is -0.0800. The average Bonchev–Trinajstić information content (AvgIpc) is 3.11. The predicted octanol–water partition coefficient (Wildman–Crippen LogP) is 3.14. The summed E-state index contributed by atoms with van der Waals surface area (Å²) < 4.78 is 0. The van der Waals surface area contributed by atoms with E-state index < -0.39 is 0 Å². The molecule has 1 aliphatic heterocycles. The molecule has 3 aliphatic rings. The fourth-order valence-corrected chi connectivity index (χ4v) is 3.53. The minimum absolute atomic E-state index is 0.917. The summed E-state index contributed by atoms with van der Waals surface area (Å²) >= 11 is 0. The highest BCUT2D eigenvalue weighted by atomic mass is 15.8. The predicted molar refractivity (Wildman–Crippen MR) is 62.3 cm³/mol. The van der Waals surface area contributed by atoms with E-state index in [2.05, 4.69) is 10.0 Å². The summed E-state index contributed by atoms with van der Waals surface area (Å²) in [7, 11) is 0. The van der Waals surface area contributed by atoms with Gasteiger partial charge in [-0.25, -0.2) is 10.0 Å². The van der Waals surface area contributed by atoms with Crippen LogP contribution >= 0.6 is 0 Å². The lowest BCUT2D eigenvalue weighted by Gasteiger charge is -2.27. The fourth-order valence-electron chi connectivity index (χ4n) is 3.53. The first-order valence-corrected chi connectivity index (χ1v) is 6.98. The van der Waals surface area contributed by atoms with Gasteiger partial charge in [0.1, 0.15) is 0 Å². The molecule has 1 saturated heterocycles. The lowest BCUT2D eigenvalue weighted by Crippen LogP contribution is -2.30. The summed E-state index contributed by atoms with van der Waals surface area (Å²) in [5, 5.41) is 5.35. The molecule has 2 heteroatoms. The van der Waals surface area contributed by atoms with Crippen molar-refractivity contribution in [2.75, 3.05) is 6.67 Å². The van der Waals surface area contributed by atoms with Crippen LogP contribution in [0.15, 0.2) is 0 Å². The van der Waals surface area contributed by atoms with Crippen LogP contribution in [0.4, 0.5) is 0 Å². The minimum atomic E-state index is 0.917. The van der Waals surface area contributed by atoms with Gasteiger partial charge >= 0.3 is 0 Å². The molecule has 3 rings (SSSR count). The van der Waals surface area contributed by atoms with Crippen molar-refractivity contribution in [2.24, 2.45) is 0 Å². The highest BCUT2D eigenvalue weighted by molar-refractivity contribution is 4.87. The van der Waals surface area contributed by atoms with E-state index >= 15 is 0 Å². The molecular formula is C13H24N2. The second-order valence-electron chi connectivity index (χ2n) is 5.60. The van der Waals surface area contributed by atoms with Crippen LogP contribution in [0, 0.1) is 0 Å². The third-order valence-electron chi connectivity index (χ3n) is 4.53. The molecule has 0 spiro atoms. The van der Waals surface area contributed by atoms with Crippen molar-refractivity contribution in [1.29, 1.82) is 0 Å². The SMILES string of the molecule is C1CCC(N2CN2C2CCCCC2)CC1. The van der Waals surface area contributed by atoms with Crippen molar-refractivity contribution in [3.05, 3.63) is 0 Å². The molecule has 2 unspecified atom stereocenters. The maximum Gasteiger partial charge on any atom is 0.0794 e. The molecule has 3 fully saturated rings. The van der Waals surface area contributed by atoms with Gasteiger partial charge in [0.25, 0.3) is 0 Å². The second kappa shape index (κ2) is 4.42. The number of hydrogen-bond acceptors (Lipinski definition) is 2. The Labute approximate surface area is 93.6 Å². The Balaban J connectivity index is 1.49.